The molecule has 1 aromatic heterocycles. The molecule has 2 heterocycles. The van der Waals surface area contributed by atoms with Crippen molar-refractivity contribution in [3.8, 4) is 0 Å². The molecule has 0 saturated heterocycles. The number of aryl methyl sites for hydroxylation is 1. The minimum absolute atomic E-state index is 0.339. The van der Waals surface area contributed by atoms with Crippen LogP contribution in [0.2, 0.25) is 0 Å². The van der Waals surface area contributed by atoms with Crippen LogP contribution in [0.25, 0.3) is 0 Å². The van der Waals surface area contributed by atoms with E-state index in [0.29, 0.717) is 12.1 Å². The van der Waals surface area contributed by atoms with Crippen molar-refractivity contribution in [3.05, 3.63) is 35.2 Å². The van der Waals surface area contributed by atoms with E-state index in [1.54, 1.807) is 12.1 Å². The Morgan fingerprint density at radius 3 is 3.05 bits per heavy atom. The number of fused-ring (bicyclic) bond motifs is 1. The molecule has 1 aliphatic heterocycles. The van der Waals surface area contributed by atoms with Crippen molar-refractivity contribution in [3.63, 3.8) is 0 Å². The molecule has 0 fully saturated rings. The van der Waals surface area contributed by atoms with Gasteiger partial charge >= 0.3 is 5.97 Å². The lowest BCUT2D eigenvalue weighted by Gasteiger charge is -2.18. The molecule has 7 nitrogen and oxygen atoms in total. The van der Waals surface area contributed by atoms with Crippen LogP contribution in [0.1, 0.15) is 35.1 Å². The summed E-state index contributed by atoms with van der Waals surface area (Å²) in [6.45, 7) is 4.40. The highest BCUT2D eigenvalue weighted by molar-refractivity contribution is 5.88. The summed E-state index contributed by atoms with van der Waals surface area (Å²) in [5, 5.41) is 20.9. The summed E-state index contributed by atoms with van der Waals surface area (Å²) in [6, 6.07) is 5.28. The molecule has 2 aromatic rings. The van der Waals surface area contributed by atoms with Gasteiger partial charge in [0.05, 0.1) is 12.1 Å². The van der Waals surface area contributed by atoms with Crippen LogP contribution in [0.3, 0.4) is 0 Å². The molecule has 0 bridgehead atoms. The summed E-state index contributed by atoms with van der Waals surface area (Å²) >= 11 is 0. The number of hydrogen-bond donors (Lipinski definition) is 1. The van der Waals surface area contributed by atoms with Gasteiger partial charge in [-0.1, -0.05) is 6.92 Å². The fourth-order valence-corrected chi connectivity index (χ4v) is 2.66. The van der Waals surface area contributed by atoms with Crippen LogP contribution >= 0.6 is 0 Å². The standard InChI is InChI=1S/C14H17N5O2/c1-2-6-19-13(15-16-17-19)9-18-7-5-10-8-11(14(20)21)3-4-12(10)18/h3-4,8H,2,5-7,9H2,1H3,(H,20,21). The average Bonchev–Trinajstić information content (AvgIpc) is 3.07. The molecular weight excluding hydrogens is 270 g/mol. The molecule has 0 atom stereocenters. The number of carbonyl (C=O) groups is 1. The summed E-state index contributed by atoms with van der Waals surface area (Å²) in [6.07, 6.45) is 1.84. The number of carboxylic acid groups (broad SMARTS) is 1. The maximum atomic E-state index is 11.0. The molecule has 0 amide bonds. The topological polar surface area (TPSA) is 84.1 Å². The zero-order valence-corrected chi connectivity index (χ0v) is 11.9. The van der Waals surface area contributed by atoms with Gasteiger partial charge in [0.1, 0.15) is 0 Å². The van der Waals surface area contributed by atoms with Crippen LogP contribution in [0.4, 0.5) is 5.69 Å². The number of tetrazole rings is 1. The van der Waals surface area contributed by atoms with E-state index in [0.717, 1.165) is 43.0 Å². The fraction of sp³-hybridized carbons (Fsp3) is 0.429. The predicted molar refractivity (Wildman–Crippen MR) is 76.3 cm³/mol. The third-order valence-corrected chi connectivity index (χ3v) is 3.69. The smallest absolute Gasteiger partial charge is 0.335 e. The van der Waals surface area contributed by atoms with Gasteiger partial charge in [0.15, 0.2) is 5.82 Å². The van der Waals surface area contributed by atoms with Crippen molar-refractivity contribution in [2.24, 2.45) is 0 Å². The molecule has 21 heavy (non-hydrogen) atoms. The normalized spacial score (nSPS) is 13.5. The molecule has 0 spiro atoms. The molecule has 0 radical (unpaired) electrons. The lowest BCUT2D eigenvalue weighted by atomic mass is 10.1. The number of carboxylic acids is 1. The second-order valence-electron chi connectivity index (χ2n) is 5.14. The predicted octanol–water partition coefficient (Wildman–Crippen LogP) is 1.34. The van der Waals surface area contributed by atoms with Gasteiger partial charge in [0.2, 0.25) is 0 Å². The molecule has 0 unspecified atom stereocenters. The van der Waals surface area contributed by atoms with Gasteiger partial charge in [-0.15, -0.1) is 5.10 Å². The Labute approximate surface area is 122 Å². The van der Waals surface area contributed by atoms with E-state index in [4.69, 9.17) is 5.11 Å². The van der Waals surface area contributed by atoms with Gasteiger partial charge in [0.25, 0.3) is 0 Å². The molecule has 0 saturated carbocycles. The number of hydrogen-bond acceptors (Lipinski definition) is 5. The lowest BCUT2D eigenvalue weighted by molar-refractivity contribution is 0.0697. The molecule has 0 aliphatic carbocycles. The van der Waals surface area contributed by atoms with Gasteiger partial charge in [-0.05, 0) is 47.0 Å². The van der Waals surface area contributed by atoms with E-state index < -0.39 is 5.97 Å². The second kappa shape index (κ2) is 5.51. The summed E-state index contributed by atoms with van der Waals surface area (Å²) in [7, 11) is 0. The molecule has 1 N–H and O–H groups in total. The first-order valence-electron chi connectivity index (χ1n) is 7.05. The van der Waals surface area contributed by atoms with E-state index in [2.05, 4.69) is 27.3 Å². The first-order valence-corrected chi connectivity index (χ1v) is 7.05. The number of aromatic nitrogens is 4. The molecule has 1 aromatic carbocycles. The van der Waals surface area contributed by atoms with E-state index in [1.807, 2.05) is 10.7 Å². The first kappa shape index (κ1) is 13.5. The molecule has 3 rings (SSSR count). The van der Waals surface area contributed by atoms with Crippen molar-refractivity contribution >= 4 is 11.7 Å². The highest BCUT2D eigenvalue weighted by atomic mass is 16.4. The Morgan fingerprint density at radius 2 is 2.29 bits per heavy atom. The number of benzene rings is 1. The zero-order chi connectivity index (χ0) is 14.8. The van der Waals surface area contributed by atoms with Crippen LogP contribution in [-0.2, 0) is 19.5 Å². The van der Waals surface area contributed by atoms with Crippen LogP contribution in [0, 0.1) is 0 Å². The Balaban J connectivity index is 1.81. The number of nitrogens with zero attached hydrogens (tertiary/aromatic N) is 5. The van der Waals surface area contributed by atoms with Crippen LogP contribution in [0.15, 0.2) is 18.2 Å². The molecule has 110 valence electrons. The summed E-state index contributed by atoms with van der Waals surface area (Å²) in [5.41, 5.74) is 2.49. The minimum atomic E-state index is -0.886. The van der Waals surface area contributed by atoms with Gasteiger partial charge in [0, 0.05) is 18.8 Å². The second-order valence-corrected chi connectivity index (χ2v) is 5.14. The summed E-state index contributed by atoms with van der Waals surface area (Å²) in [5.74, 6) is -0.0462. The minimum Gasteiger partial charge on any atom is -0.478 e. The largest absolute Gasteiger partial charge is 0.478 e. The van der Waals surface area contributed by atoms with Gasteiger partial charge < -0.3 is 10.0 Å². The summed E-state index contributed by atoms with van der Waals surface area (Å²) < 4.78 is 1.82. The Hall–Kier alpha value is -2.44. The van der Waals surface area contributed by atoms with E-state index in [9.17, 15) is 4.79 Å². The highest BCUT2D eigenvalue weighted by Crippen LogP contribution is 2.29. The van der Waals surface area contributed by atoms with Crippen molar-refractivity contribution < 1.29 is 9.90 Å². The molecular formula is C14H17N5O2. The van der Waals surface area contributed by atoms with E-state index in [-0.39, 0.29) is 0 Å². The van der Waals surface area contributed by atoms with Crippen molar-refractivity contribution in [1.82, 2.24) is 20.2 Å². The Morgan fingerprint density at radius 1 is 1.43 bits per heavy atom. The van der Waals surface area contributed by atoms with Crippen molar-refractivity contribution in [2.45, 2.75) is 32.9 Å². The fourth-order valence-electron chi connectivity index (χ4n) is 2.66. The van der Waals surface area contributed by atoms with Crippen LogP contribution in [-0.4, -0.2) is 37.8 Å². The number of anilines is 1. The van der Waals surface area contributed by atoms with Crippen LogP contribution < -0.4 is 4.90 Å². The number of rotatable bonds is 5. The quantitative estimate of drug-likeness (QED) is 0.893. The SMILES string of the molecule is CCCn1nnnc1CN1CCc2cc(C(=O)O)ccc21. The molecule has 7 heteroatoms. The van der Waals surface area contributed by atoms with Gasteiger partial charge in [-0.2, -0.15) is 0 Å². The maximum Gasteiger partial charge on any atom is 0.335 e. The van der Waals surface area contributed by atoms with Crippen molar-refractivity contribution in [1.29, 1.82) is 0 Å². The van der Waals surface area contributed by atoms with Crippen molar-refractivity contribution in [2.75, 3.05) is 11.4 Å². The average molecular weight is 287 g/mol. The highest BCUT2D eigenvalue weighted by Gasteiger charge is 2.22. The Kier molecular flexibility index (Phi) is 3.55. The first-order chi connectivity index (χ1) is 10.2. The van der Waals surface area contributed by atoms with E-state index >= 15 is 0 Å². The Bertz CT molecular complexity index is 667. The zero-order valence-electron chi connectivity index (χ0n) is 11.9. The lowest BCUT2D eigenvalue weighted by Crippen LogP contribution is -2.22. The van der Waals surface area contributed by atoms with Gasteiger partial charge in [-0.25, -0.2) is 9.48 Å². The van der Waals surface area contributed by atoms with Gasteiger partial charge in [-0.3, -0.25) is 0 Å². The maximum absolute atomic E-state index is 11.0. The van der Waals surface area contributed by atoms with E-state index in [1.165, 1.54) is 0 Å². The summed E-state index contributed by atoms with van der Waals surface area (Å²) in [4.78, 5) is 13.2. The molecule has 1 aliphatic rings. The monoisotopic (exact) mass is 287 g/mol. The third kappa shape index (κ3) is 2.58. The van der Waals surface area contributed by atoms with Crippen LogP contribution in [0.5, 0.6) is 0 Å². The number of aromatic carboxylic acids is 1. The third-order valence-electron chi connectivity index (χ3n) is 3.69.